The van der Waals surface area contributed by atoms with Crippen molar-refractivity contribution in [2.24, 2.45) is 0 Å². The number of nitrogens with one attached hydrogen (secondary N) is 1. The van der Waals surface area contributed by atoms with E-state index in [0.717, 1.165) is 6.20 Å². The molecule has 0 saturated carbocycles. The predicted molar refractivity (Wildman–Crippen MR) is 29.9 cm³/mol. The molecule has 0 aliphatic carbocycles. The second kappa shape index (κ2) is 2.49. The molecular weight excluding hydrogens is 145 g/mol. The van der Waals surface area contributed by atoms with Crippen LogP contribution in [0.2, 0.25) is 0 Å². The first kappa shape index (κ1) is 7.40. The van der Waals surface area contributed by atoms with E-state index in [2.05, 4.69) is 5.32 Å². The van der Waals surface area contributed by atoms with Crippen molar-refractivity contribution in [3.05, 3.63) is 12.3 Å². The van der Waals surface area contributed by atoms with E-state index in [9.17, 15) is 13.2 Å². The molecule has 5 heteroatoms. The summed E-state index contributed by atoms with van der Waals surface area (Å²) in [6.45, 7) is 0.354. The Labute approximate surface area is 56.3 Å². The lowest BCUT2D eigenvalue weighted by atomic mass is 10.5. The van der Waals surface area contributed by atoms with Crippen LogP contribution >= 0.6 is 0 Å². The van der Waals surface area contributed by atoms with Gasteiger partial charge in [0.15, 0.2) is 0 Å². The number of halogens is 3. The molecule has 0 aromatic heterocycles. The molecule has 0 atom stereocenters. The minimum Gasteiger partial charge on any atom is -0.296 e. The summed E-state index contributed by atoms with van der Waals surface area (Å²) in [5, 5.41) is 2.56. The Hall–Kier alpha value is -0.710. The van der Waals surface area contributed by atoms with Gasteiger partial charge in [-0.05, 0) is 0 Å². The van der Waals surface area contributed by atoms with E-state index in [1.54, 1.807) is 0 Å². The molecule has 2 nitrogen and oxygen atoms in total. The Bertz CT molecular complexity index is 140. The zero-order valence-corrected chi connectivity index (χ0v) is 5.15. The molecule has 0 radical (unpaired) electrons. The number of nitrogens with zero attached hydrogens (tertiary/aromatic N) is 1. The lowest BCUT2D eigenvalue weighted by Gasteiger charge is -2.25. The molecule has 1 heterocycles. The highest BCUT2D eigenvalue weighted by atomic mass is 19.4. The topological polar surface area (TPSA) is 15.3 Å². The van der Waals surface area contributed by atoms with E-state index in [1.807, 2.05) is 0 Å². The van der Waals surface area contributed by atoms with Crippen molar-refractivity contribution < 1.29 is 13.2 Å². The Balaban J connectivity index is 2.55. The average molecular weight is 152 g/mol. The molecule has 0 bridgehead atoms. The van der Waals surface area contributed by atoms with Gasteiger partial charge in [-0.1, -0.05) is 6.08 Å². The van der Waals surface area contributed by atoms with Crippen LogP contribution in [0, 0.1) is 0 Å². The highest BCUT2D eigenvalue weighted by molar-refractivity contribution is 4.89. The van der Waals surface area contributed by atoms with Crippen molar-refractivity contribution in [3.63, 3.8) is 0 Å². The SMILES string of the molecule is FC(F)(F)N1C=CCNC1. The minimum absolute atomic E-state index is 0.153. The van der Waals surface area contributed by atoms with Crippen molar-refractivity contribution >= 4 is 0 Å². The molecule has 0 amide bonds. The van der Waals surface area contributed by atoms with Crippen LogP contribution in [0.15, 0.2) is 12.3 Å². The largest absolute Gasteiger partial charge is 0.485 e. The van der Waals surface area contributed by atoms with Gasteiger partial charge < -0.3 is 0 Å². The average Bonchev–Trinajstić information content (AvgIpc) is 1.88. The number of alkyl halides is 3. The molecule has 10 heavy (non-hydrogen) atoms. The third-order valence-electron chi connectivity index (χ3n) is 1.16. The van der Waals surface area contributed by atoms with Crippen LogP contribution in [0.1, 0.15) is 0 Å². The number of rotatable bonds is 0. The third kappa shape index (κ3) is 1.63. The Morgan fingerprint density at radius 1 is 1.40 bits per heavy atom. The maximum absolute atomic E-state index is 11.8. The summed E-state index contributed by atoms with van der Waals surface area (Å²) >= 11 is 0. The fraction of sp³-hybridized carbons (Fsp3) is 0.600. The van der Waals surface area contributed by atoms with E-state index < -0.39 is 6.30 Å². The Morgan fingerprint density at radius 3 is 2.40 bits per heavy atom. The van der Waals surface area contributed by atoms with Crippen LogP contribution in [0.3, 0.4) is 0 Å². The van der Waals surface area contributed by atoms with Crippen LogP contribution in [0.4, 0.5) is 13.2 Å². The molecular formula is C5H7F3N2. The van der Waals surface area contributed by atoms with Gasteiger partial charge in [0.1, 0.15) is 0 Å². The maximum atomic E-state index is 11.8. The molecule has 0 fully saturated rings. The summed E-state index contributed by atoms with van der Waals surface area (Å²) in [7, 11) is 0. The minimum atomic E-state index is -4.25. The van der Waals surface area contributed by atoms with E-state index in [1.165, 1.54) is 6.08 Å². The van der Waals surface area contributed by atoms with Crippen molar-refractivity contribution in [2.75, 3.05) is 13.2 Å². The lowest BCUT2D eigenvalue weighted by Crippen LogP contribution is -2.42. The van der Waals surface area contributed by atoms with Gasteiger partial charge in [0.25, 0.3) is 0 Å². The van der Waals surface area contributed by atoms with Crippen molar-refractivity contribution in [2.45, 2.75) is 6.30 Å². The molecule has 1 N–H and O–H groups in total. The predicted octanol–water partition coefficient (Wildman–Crippen LogP) is 0.883. The van der Waals surface area contributed by atoms with Gasteiger partial charge in [-0.15, -0.1) is 0 Å². The second-order valence-corrected chi connectivity index (χ2v) is 1.93. The lowest BCUT2D eigenvalue weighted by molar-refractivity contribution is -0.230. The van der Waals surface area contributed by atoms with Crippen molar-refractivity contribution in [3.8, 4) is 0 Å². The number of hydrogen-bond acceptors (Lipinski definition) is 2. The van der Waals surface area contributed by atoms with Gasteiger partial charge in [0.2, 0.25) is 0 Å². The summed E-state index contributed by atoms with van der Waals surface area (Å²) < 4.78 is 35.3. The first-order valence-corrected chi connectivity index (χ1v) is 2.81. The maximum Gasteiger partial charge on any atom is 0.485 e. The standard InChI is InChI=1S/C5H7F3N2/c6-5(7,8)10-3-1-2-9-4-10/h1,3,9H,2,4H2. The van der Waals surface area contributed by atoms with Crippen LogP contribution in [0.5, 0.6) is 0 Å². The monoisotopic (exact) mass is 152 g/mol. The third-order valence-corrected chi connectivity index (χ3v) is 1.16. The zero-order chi connectivity index (χ0) is 7.61. The van der Waals surface area contributed by atoms with E-state index in [0.29, 0.717) is 6.54 Å². The molecule has 0 aromatic rings. The highest BCUT2D eigenvalue weighted by Crippen LogP contribution is 2.20. The van der Waals surface area contributed by atoms with E-state index in [4.69, 9.17) is 0 Å². The van der Waals surface area contributed by atoms with Gasteiger partial charge in [-0.3, -0.25) is 10.2 Å². The molecule has 0 unspecified atom stereocenters. The molecule has 0 aromatic carbocycles. The summed E-state index contributed by atoms with van der Waals surface area (Å²) in [5.41, 5.74) is 0. The normalized spacial score (nSPS) is 19.7. The van der Waals surface area contributed by atoms with Gasteiger partial charge >= 0.3 is 6.30 Å². The second-order valence-electron chi connectivity index (χ2n) is 1.93. The first-order chi connectivity index (χ1) is 4.61. The highest BCUT2D eigenvalue weighted by Gasteiger charge is 2.34. The molecule has 1 aliphatic rings. The molecule has 0 saturated heterocycles. The fourth-order valence-corrected chi connectivity index (χ4v) is 0.675. The van der Waals surface area contributed by atoms with Crippen LogP contribution in [0.25, 0.3) is 0 Å². The summed E-state index contributed by atoms with van der Waals surface area (Å²) in [6, 6.07) is 0. The molecule has 58 valence electrons. The zero-order valence-electron chi connectivity index (χ0n) is 5.15. The quantitative estimate of drug-likeness (QED) is 0.518. The first-order valence-electron chi connectivity index (χ1n) is 2.81. The van der Waals surface area contributed by atoms with Gasteiger partial charge in [-0.25, -0.2) is 0 Å². The van der Waals surface area contributed by atoms with Crippen molar-refractivity contribution in [1.29, 1.82) is 0 Å². The fourth-order valence-electron chi connectivity index (χ4n) is 0.675. The van der Waals surface area contributed by atoms with Crippen LogP contribution in [-0.2, 0) is 0 Å². The van der Waals surface area contributed by atoms with Gasteiger partial charge in [0, 0.05) is 12.7 Å². The van der Waals surface area contributed by atoms with E-state index >= 15 is 0 Å². The molecule has 1 aliphatic heterocycles. The summed E-state index contributed by atoms with van der Waals surface area (Å²) in [4.78, 5) is 0.288. The van der Waals surface area contributed by atoms with Gasteiger partial charge in [-0.2, -0.15) is 13.2 Å². The molecule has 0 spiro atoms. The van der Waals surface area contributed by atoms with E-state index in [-0.39, 0.29) is 11.6 Å². The molecule has 1 rings (SSSR count). The Kier molecular flexibility index (Phi) is 1.85. The smallest absolute Gasteiger partial charge is 0.296 e. The Morgan fingerprint density at radius 2 is 2.10 bits per heavy atom. The van der Waals surface area contributed by atoms with Crippen molar-refractivity contribution in [1.82, 2.24) is 10.2 Å². The van der Waals surface area contributed by atoms with Crippen LogP contribution in [-0.4, -0.2) is 24.4 Å². The van der Waals surface area contributed by atoms with Crippen LogP contribution < -0.4 is 5.32 Å². The number of hydrogen-bond donors (Lipinski definition) is 1. The van der Waals surface area contributed by atoms with Gasteiger partial charge in [0.05, 0.1) is 6.67 Å². The summed E-state index contributed by atoms with van der Waals surface area (Å²) in [5.74, 6) is 0. The summed E-state index contributed by atoms with van der Waals surface area (Å²) in [6.07, 6.45) is -1.78.